The lowest BCUT2D eigenvalue weighted by Gasteiger charge is -2.24. The third-order valence-corrected chi connectivity index (χ3v) is 4.42. The van der Waals surface area contributed by atoms with E-state index in [9.17, 15) is 13.2 Å². The van der Waals surface area contributed by atoms with Crippen molar-refractivity contribution in [2.24, 2.45) is 5.92 Å². The maximum absolute atomic E-state index is 11.6. The summed E-state index contributed by atoms with van der Waals surface area (Å²) in [6.45, 7) is 1.52. The van der Waals surface area contributed by atoms with Gasteiger partial charge in [-0.1, -0.05) is 0 Å². The number of amides is 1. The van der Waals surface area contributed by atoms with Crippen molar-refractivity contribution in [1.82, 2.24) is 4.90 Å². The number of carbonyl (C=O) groups excluding carboxylic acids is 1. The number of nitrogens with zero attached hydrogens (tertiary/aromatic N) is 2. The van der Waals surface area contributed by atoms with Gasteiger partial charge in [0, 0.05) is 13.1 Å². The summed E-state index contributed by atoms with van der Waals surface area (Å²) < 4.78 is 22.4. The van der Waals surface area contributed by atoms with Gasteiger partial charge in [0.2, 0.25) is 5.91 Å². The van der Waals surface area contributed by atoms with Gasteiger partial charge < -0.3 is 4.90 Å². The summed E-state index contributed by atoms with van der Waals surface area (Å²) >= 11 is 0. The van der Waals surface area contributed by atoms with Crippen LogP contribution in [0.25, 0.3) is 0 Å². The molecule has 0 aromatic heterocycles. The summed E-state index contributed by atoms with van der Waals surface area (Å²) in [5, 5.41) is 8.58. The van der Waals surface area contributed by atoms with Crippen molar-refractivity contribution in [2.75, 3.05) is 18.6 Å². The Morgan fingerprint density at radius 3 is 2.60 bits per heavy atom. The fraction of sp³-hybridized carbons (Fsp3) is 0.778. The van der Waals surface area contributed by atoms with Crippen LogP contribution in [0.4, 0.5) is 0 Å². The van der Waals surface area contributed by atoms with Crippen LogP contribution in [0, 0.1) is 17.2 Å². The van der Waals surface area contributed by atoms with Crippen LogP contribution in [0.5, 0.6) is 0 Å². The highest BCUT2D eigenvalue weighted by Gasteiger charge is 2.33. The summed E-state index contributed by atoms with van der Waals surface area (Å²) in [5.74, 6) is -0.859. The van der Waals surface area contributed by atoms with Gasteiger partial charge in [0.15, 0.2) is 9.84 Å². The van der Waals surface area contributed by atoms with Gasteiger partial charge in [0.05, 0.1) is 17.6 Å². The molecule has 1 saturated heterocycles. The van der Waals surface area contributed by atoms with Gasteiger partial charge in [0.25, 0.3) is 0 Å². The second kappa shape index (κ2) is 4.19. The fourth-order valence-electron chi connectivity index (χ4n) is 1.62. The second-order valence-electron chi connectivity index (χ2n) is 3.86. The van der Waals surface area contributed by atoms with Crippen LogP contribution in [0.3, 0.4) is 0 Å². The van der Waals surface area contributed by atoms with Crippen LogP contribution < -0.4 is 0 Å². The average molecular weight is 230 g/mol. The Morgan fingerprint density at radius 2 is 2.20 bits per heavy atom. The molecule has 0 aromatic rings. The van der Waals surface area contributed by atoms with Crippen LogP contribution in [0.2, 0.25) is 0 Å². The Hall–Kier alpha value is -1.09. The van der Waals surface area contributed by atoms with Crippen molar-refractivity contribution in [2.45, 2.75) is 19.4 Å². The Bertz CT molecular complexity index is 396. The van der Waals surface area contributed by atoms with Crippen molar-refractivity contribution in [3.8, 4) is 6.07 Å². The summed E-state index contributed by atoms with van der Waals surface area (Å²) in [7, 11) is -1.43. The molecule has 2 unspecified atom stereocenters. The minimum Gasteiger partial charge on any atom is -0.341 e. The molecule has 84 valence electrons. The summed E-state index contributed by atoms with van der Waals surface area (Å²) in [6.07, 6.45) is 0.475. The lowest BCUT2D eigenvalue weighted by Crippen LogP contribution is -2.40. The quantitative estimate of drug-likeness (QED) is 0.657. The molecule has 0 radical (unpaired) electrons. The molecule has 1 fully saturated rings. The highest BCUT2D eigenvalue weighted by atomic mass is 32.2. The molecule has 2 atom stereocenters. The molecule has 0 saturated carbocycles. The number of rotatable bonds is 2. The van der Waals surface area contributed by atoms with Crippen molar-refractivity contribution in [1.29, 1.82) is 5.26 Å². The first kappa shape index (κ1) is 12.0. The monoisotopic (exact) mass is 230 g/mol. The largest absolute Gasteiger partial charge is 0.341 e. The average Bonchev–Trinajstić information content (AvgIpc) is 2.55. The molecule has 1 aliphatic rings. The number of sulfone groups is 1. The van der Waals surface area contributed by atoms with E-state index >= 15 is 0 Å². The van der Waals surface area contributed by atoms with Gasteiger partial charge in [-0.25, -0.2) is 8.42 Å². The molecule has 6 heteroatoms. The van der Waals surface area contributed by atoms with Crippen LogP contribution >= 0.6 is 0 Å². The lowest BCUT2D eigenvalue weighted by atomic mass is 10.1. The molecule has 15 heavy (non-hydrogen) atoms. The topological polar surface area (TPSA) is 78.2 Å². The van der Waals surface area contributed by atoms with E-state index in [-0.39, 0.29) is 23.5 Å². The number of carbonyl (C=O) groups is 1. The number of hydrogen-bond acceptors (Lipinski definition) is 4. The van der Waals surface area contributed by atoms with Gasteiger partial charge in [-0.3, -0.25) is 4.79 Å². The third-order valence-electron chi connectivity index (χ3n) is 2.67. The highest BCUT2D eigenvalue weighted by molar-refractivity contribution is 7.91. The maximum Gasteiger partial charge on any atom is 0.239 e. The predicted molar refractivity (Wildman–Crippen MR) is 54.6 cm³/mol. The van der Waals surface area contributed by atoms with E-state index < -0.39 is 15.8 Å². The first-order chi connectivity index (χ1) is 6.87. The van der Waals surface area contributed by atoms with Crippen LogP contribution in [-0.4, -0.2) is 43.8 Å². The Kier molecular flexibility index (Phi) is 3.35. The van der Waals surface area contributed by atoms with E-state index in [2.05, 4.69) is 0 Å². The van der Waals surface area contributed by atoms with Gasteiger partial charge >= 0.3 is 0 Å². The number of hydrogen-bond donors (Lipinski definition) is 0. The summed E-state index contributed by atoms with van der Waals surface area (Å²) in [6, 6.07) is 1.58. The van der Waals surface area contributed by atoms with Gasteiger partial charge in [-0.2, -0.15) is 5.26 Å². The summed E-state index contributed by atoms with van der Waals surface area (Å²) in [4.78, 5) is 13.0. The van der Waals surface area contributed by atoms with E-state index in [0.29, 0.717) is 6.42 Å². The molecule has 1 rings (SSSR count). The van der Waals surface area contributed by atoms with E-state index in [1.165, 1.54) is 11.8 Å². The van der Waals surface area contributed by atoms with Crippen molar-refractivity contribution >= 4 is 15.7 Å². The zero-order valence-electron chi connectivity index (χ0n) is 8.80. The minimum absolute atomic E-state index is 0.0212. The maximum atomic E-state index is 11.6. The molecule has 5 nitrogen and oxygen atoms in total. The normalized spacial score (nSPS) is 25.5. The Balaban J connectivity index is 2.68. The third kappa shape index (κ3) is 2.69. The Labute approximate surface area is 89.6 Å². The lowest BCUT2D eigenvalue weighted by molar-refractivity contribution is -0.133. The van der Waals surface area contributed by atoms with Crippen LogP contribution in [0.1, 0.15) is 13.3 Å². The molecule has 0 N–H and O–H groups in total. The minimum atomic E-state index is -2.98. The first-order valence-electron chi connectivity index (χ1n) is 4.74. The molecule has 1 amide bonds. The van der Waals surface area contributed by atoms with Crippen molar-refractivity contribution in [3.63, 3.8) is 0 Å². The molecular weight excluding hydrogens is 216 g/mol. The SMILES string of the molecule is CC(C#N)C(=O)N(C)C1CCS(=O)(=O)C1. The molecule has 0 bridgehead atoms. The van der Waals surface area contributed by atoms with Gasteiger partial charge in [0.1, 0.15) is 5.92 Å². The predicted octanol–water partition coefficient (Wildman–Crippen LogP) is -0.208. The van der Waals surface area contributed by atoms with Gasteiger partial charge in [-0.05, 0) is 13.3 Å². The van der Waals surface area contributed by atoms with Gasteiger partial charge in [-0.15, -0.1) is 0 Å². The summed E-state index contributed by atoms with van der Waals surface area (Å²) in [5.41, 5.74) is 0. The smallest absolute Gasteiger partial charge is 0.239 e. The molecule has 0 aromatic carbocycles. The zero-order chi connectivity index (χ0) is 11.6. The van der Waals surface area contributed by atoms with E-state index in [0.717, 1.165) is 0 Å². The van der Waals surface area contributed by atoms with Crippen LogP contribution in [-0.2, 0) is 14.6 Å². The molecule has 0 spiro atoms. The standard InChI is InChI=1S/C9H14N2O3S/c1-7(5-10)9(12)11(2)8-3-4-15(13,14)6-8/h7-8H,3-4,6H2,1-2H3. The highest BCUT2D eigenvalue weighted by Crippen LogP contribution is 2.17. The Morgan fingerprint density at radius 1 is 1.60 bits per heavy atom. The first-order valence-corrected chi connectivity index (χ1v) is 6.56. The zero-order valence-corrected chi connectivity index (χ0v) is 9.62. The van der Waals surface area contributed by atoms with E-state index in [4.69, 9.17) is 5.26 Å². The fourth-order valence-corrected chi connectivity index (χ4v) is 3.40. The molecule has 1 heterocycles. The van der Waals surface area contributed by atoms with Crippen molar-refractivity contribution < 1.29 is 13.2 Å². The van der Waals surface area contributed by atoms with E-state index in [1.54, 1.807) is 7.05 Å². The second-order valence-corrected chi connectivity index (χ2v) is 6.09. The molecular formula is C9H14N2O3S. The van der Waals surface area contributed by atoms with E-state index in [1.807, 2.05) is 6.07 Å². The van der Waals surface area contributed by atoms with Crippen LogP contribution in [0.15, 0.2) is 0 Å². The number of nitriles is 1. The molecule has 0 aliphatic carbocycles. The van der Waals surface area contributed by atoms with Crippen molar-refractivity contribution in [3.05, 3.63) is 0 Å². The molecule has 1 aliphatic heterocycles.